The first-order valence-corrected chi connectivity index (χ1v) is 11.6. The number of allylic oxidation sites excluding steroid dienone is 6. The fourth-order valence-electron chi connectivity index (χ4n) is 4.57. The zero-order valence-corrected chi connectivity index (χ0v) is 18.9. The molecule has 164 valence electrons. The molecular formula is C28H37N3. The molecule has 1 atom stereocenters. The Morgan fingerprint density at radius 1 is 0.968 bits per heavy atom. The van der Waals surface area contributed by atoms with Gasteiger partial charge in [0.25, 0.3) is 0 Å². The van der Waals surface area contributed by atoms with E-state index >= 15 is 0 Å². The Bertz CT molecular complexity index is 1030. The van der Waals surface area contributed by atoms with Crippen LogP contribution in [0.4, 0.5) is 0 Å². The summed E-state index contributed by atoms with van der Waals surface area (Å²) in [6.45, 7) is 10.4. The lowest BCUT2D eigenvalue weighted by Crippen LogP contribution is -2.45. The van der Waals surface area contributed by atoms with Crippen molar-refractivity contribution in [3.63, 3.8) is 0 Å². The third kappa shape index (κ3) is 4.63. The second-order valence-corrected chi connectivity index (χ2v) is 8.05. The molecule has 1 aromatic heterocycles. The van der Waals surface area contributed by atoms with Crippen LogP contribution in [0, 0.1) is 0 Å². The van der Waals surface area contributed by atoms with Crippen molar-refractivity contribution in [2.24, 2.45) is 0 Å². The lowest BCUT2D eigenvalue weighted by molar-refractivity contribution is 0.193. The van der Waals surface area contributed by atoms with Crippen LogP contribution in [0.1, 0.15) is 47.3 Å². The Morgan fingerprint density at radius 3 is 2.48 bits per heavy atom. The number of piperazine rings is 1. The molecule has 1 aliphatic heterocycles. The average Bonchev–Trinajstić information content (AvgIpc) is 3.11. The molecule has 31 heavy (non-hydrogen) atoms. The summed E-state index contributed by atoms with van der Waals surface area (Å²) in [6.07, 6.45) is 14.3. The Balaban J connectivity index is 0.000000939. The van der Waals surface area contributed by atoms with Gasteiger partial charge in [-0.15, -0.1) is 0 Å². The molecule has 2 aromatic rings. The highest BCUT2D eigenvalue weighted by Gasteiger charge is 2.30. The predicted octanol–water partition coefficient (Wildman–Crippen LogP) is 6.44. The van der Waals surface area contributed by atoms with Crippen molar-refractivity contribution >= 4 is 6.08 Å². The van der Waals surface area contributed by atoms with Gasteiger partial charge in [-0.3, -0.25) is 9.88 Å². The number of benzene rings is 1. The van der Waals surface area contributed by atoms with Crippen LogP contribution < -0.4 is 5.32 Å². The highest BCUT2D eigenvalue weighted by atomic mass is 15.2. The quantitative estimate of drug-likeness (QED) is 0.611. The number of aromatic nitrogens is 1. The second-order valence-electron chi connectivity index (χ2n) is 8.05. The molecule has 2 heterocycles. The van der Waals surface area contributed by atoms with Crippen molar-refractivity contribution in [3.05, 3.63) is 94.9 Å². The molecule has 0 radical (unpaired) electrons. The fraction of sp³-hybridized carbons (Fsp3) is 0.321. The van der Waals surface area contributed by atoms with Crippen LogP contribution in [0.2, 0.25) is 0 Å². The van der Waals surface area contributed by atoms with Gasteiger partial charge in [-0.05, 0) is 47.8 Å². The molecule has 0 spiro atoms. The Morgan fingerprint density at radius 2 is 1.71 bits per heavy atom. The summed E-state index contributed by atoms with van der Waals surface area (Å²) in [5, 5.41) is 3.51. The van der Waals surface area contributed by atoms with Crippen molar-refractivity contribution < 1.29 is 2.85 Å². The lowest BCUT2D eigenvalue weighted by atomic mass is 9.90. The van der Waals surface area contributed by atoms with Gasteiger partial charge < -0.3 is 5.32 Å². The van der Waals surface area contributed by atoms with Gasteiger partial charge >= 0.3 is 0 Å². The number of nitrogens with one attached hydrogen (secondary N) is 1. The Labute approximate surface area is 189 Å². The van der Waals surface area contributed by atoms with E-state index < -0.39 is 0 Å². The van der Waals surface area contributed by atoms with Gasteiger partial charge in [-0.25, -0.2) is 0 Å². The molecule has 5 rings (SSSR count). The van der Waals surface area contributed by atoms with Crippen molar-refractivity contribution in [1.82, 2.24) is 15.2 Å². The topological polar surface area (TPSA) is 28.2 Å². The number of pyridine rings is 1. The maximum Gasteiger partial charge on any atom is 0.0681 e. The van der Waals surface area contributed by atoms with E-state index in [1.54, 1.807) is 0 Å². The van der Waals surface area contributed by atoms with Crippen molar-refractivity contribution in [2.45, 2.75) is 33.2 Å². The smallest absolute Gasteiger partial charge is 0.0681 e. The number of rotatable bonds is 2. The third-order valence-electron chi connectivity index (χ3n) is 6.16. The zero-order chi connectivity index (χ0) is 21.6. The molecule has 3 aliphatic rings. The lowest BCUT2D eigenvalue weighted by Gasteiger charge is -2.37. The number of hydrogen-bond acceptors (Lipinski definition) is 3. The van der Waals surface area contributed by atoms with Crippen molar-refractivity contribution in [1.29, 1.82) is 0 Å². The first-order valence-electron chi connectivity index (χ1n) is 11.6. The summed E-state index contributed by atoms with van der Waals surface area (Å²) >= 11 is 0. The summed E-state index contributed by atoms with van der Waals surface area (Å²) in [5.74, 6) is 0. The van der Waals surface area contributed by atoms with Crippen LogP contribution in [0.3, 0.4) is 0 Å². The molecule has 3 nitrogen and oxygen atoms in total. The predicted molar refractivity (Wildman–Crippen MR) is 136 cm³/mol. The van der Waals surface area contributed by atoms with Gasteiger partial charge in [-0.2, -0.15) is 0 Å². The average molecular weight is 416 g/mol. The molecule has 1 N–H and O–H groups in total. The van der Waals surface area contributed by atoms with Crippen LogP contribution in [0.5, 0.6) is 0 Å². The van der Waals surface area contributed by atoms with E-state index in [9.17, 15) is 0 Å². The van der Waals surface area contributed by atoms with Gasteiger partial charge in [0.2, 0.25) is 0 Å². The van der Waals surface area contributed by atoms with Gasteiger partial charge in [0.05, 0.1) is 11.7 Å². The monoisotopic (exact) mass is 415 g/mol. The van der Waals surface area contributed by atoms with Crippen molar-refractivity contribution in [3.8, 4) is 11.1 Å². The molecule has 1 fully saturated rings. The summed E-state index contributed by atoms with van der Waals surface area (Å²) in [7, 11) is 0. The SMILES string of the molecule is CC.CC1=CCC2=C(C=C1)C=Cc1ncc(-c3ccccc3)cc1C2N1CCNCC1.[HH].[HH]. The minimum atomic E-state index is 0. The van der Waals surface area contributed by atoms with Gasteiger partial charge in [0.1, 0.15) is 0 Å². The molecule has 1 aromatic carbocycles. The molecule has 1 saturated heterocycles. The number of fused-ring (bicyclic) bond motifs is 1. The number of hydrogen-bond donors (Lipinski definition) is 1. The molecule has 0 bridgehead atoms. The molecule has 1 unspecified atom stereocenters. The summed E-state index contributed by atoms with van der Waals surface area (Å²) in [4.78, 5) is 7.54. The number of nitrogens with zero attached hydrogens (tertiary/aromatic N) is 2. The van der Waals surface area contributed by atoms with E-state index in [-0.39, 0.29) is 8.90 Å². The Hall–Kier alpha value is -2.75. The largest absolute Gasteiger partial charge is 0.314 e. The molecule has 0 amide bonds. The highest BCUT2D eigenvalue weighted by molar-refractivity contribution is 5.69. The maximum absolute atomic E-state index is 4.90. The fourth-order valence-corrected chi connectivity index (χ4v) is 4.57. The van der Waals surface area contributed by atoms with Crippen molar-refractivity contribution in [2.75, 3.05) is 26.2 Å². The standard InChI is InChI=1S/C26H27N3.C2H6.2H2/c1-19-7-9-21-10-12-25-24(17-22(18-28-25)20-5-3-2-4-6-20)26(23(21)11-8-19)29-15-13-27-14-16-29;1-2;;/h2-10,12,17-18,26-27H,11,13-16H2,1H3;1-2H3;2*1H. The first-order chi connectivity index (χ1) is 15.3. The van der Waals surface area contributed by atoms with E-state index in [2.05, 4.69) is 83.9 Å². The maximum atomic E-state index is 4.90. The molecule has 3 heteroatoms. The van der Waals surface area contributed by atoms with E-state index in [0.29, 0.717) is 0 Å². The second kappa shape index (κ2) is 10.0. The van der Waals surface area contributed by atoms with Gasteiger partial charge in [0, 0.05) is 40.8 Å². The van der Waals surface area contributed by atoms with Crippen LogP contribution in [-0.2, 0) is 0 Å². The van der Waals surface area contributed by atoms with Crippen LogP contribution in [0.15, 0.2) is 83.6 Å². The summed E-state index contributed by atoms with van der Waals surface area (Å²) < 4.78 is 0. The Kier molecular flexibility index (Phi) is 6.96. The summed E-state index contributed by atoms with van der Waals surface area (Å²) in [5.41, 5.74) is 9.00. The van der Waals surface area contributed by atoms with Crippen LogP contribution in [0.25, 0.3) is 17.2 Å². The highest BCUT2D eigenvalue weighted by Crippen LogP contribution is 2.40. The zero-order valence-electron chi connectivity index (χ0n) is 18.9. The van der Waals surface area contributed by atoms with Crippen LogP contribution >= 0.6 is 0 Å². The van der Waals surface area contributed by atoms with E-state index in [1.807, 2.05) is 20.0 Å². The van der Waals surface area contributed by atoms with Gasteiger partial charge in [-0.1, -0.05) is 74.1 Å². The van der Waals surface area contributed by atoms with Crippen LogP contribution in [-0.4, -0.2) is 36.1 Å². The third-order valence-corrected chi connectivity index (χ3v) is 6.16. The van der Waals surface area contributed by atoms with Gasteiger partial charge in [0.15, 0.2) is 0 Å². The summed E-state index contributed by atoms with van der Waals surface area (Å²) in [6, 6.07) is 13.2. The van der Waals surface area contributed by atoms with E-state index in [4.69, 9.17) is 4.98 Å². The minimum absolute atomic E-state index is 0. The first kappa shape index (κ1) is 21.5. The molecule has 2 aliphatic carbocycles. The molecular weight excluding hydrogens is 378 g/mol. The minimum Gasteiger partial charge on any atom is -0.314 e. The van der Waals surface area contributed by atoms with E-state index in [0.717, 1.165) is 38.3 Å². The van der Waals surface area contributed by atoms with E-state index in [1.165, 1.54) is 33.4 Å². The normalized spacial score (nSPS) is 20.6. The molecule has 0 saturated carbocycles.